The number of ether oxygens (including phenoxy) is 1. The molecule has 1 aromatic heterocycles. The van der Waals surface area contributed by atoms with E-state index in [1.54, 1.807) is 10.7 Å². The lowest BCUT2D eigenvalue weighted by molar-refractivity contribution is -0.384. The minimum atomic E-state index is -0.424. The van der Waals surface area contributed by atoms with Crippen LogP contribution in [0.2, 0.25) is 0 Å². The molecule has 9 heteroatoms. The smallest absolute Gasteiger partial charge is 0.270 e. The summed E-state index contributed by atoms with van der Waals surface area (Å²) in [7, 11) is 1.54. The maximum atomic E-state index is 11.0. The van der Waals surface area contributed by atoms with Crippen molar-refractivity contribution in [3.05, 3.63) is 69.8 Å². The van der Waals surface area contributed by atoms with Gasteiger partial charge in [-0.25, -0.2) is 4.68 Å². The molecule has 0 N–H and O–H groups in total. The van der Waals surface area contributed by atoms with Crippen molar-refractivity contribution in [3.8, 4) is 5.75 Å². The van der Waals surface area contributed by atoms with Gasteiger partial charge in [0.15, 0.2) is 0 Å². The third kappa shape index (κ3) is 4.13. The number of non-ortho nitro benzene ring substituents is 1. The number of nitro groups is 1. The molecule has 128 valence electrons. The molecule has 3 aromatic rings. The molecule has 0 unspecified atom stereocenters. The molecule has 3 rings (SSSR count). The second-order valence-electron chi connectivity index (χ2n) is 5.15. The quantitative estimate of drug-likeness (QED) is 0.364. The van der Waals surface area contributed by atoms with E-state index in [4.69, 9.17) is 4.74 Å². The van der Waals surface area contributed by atoms with Crippen molar-refractivity contribution in [3.63, 3.8) is 0 Å². The molecule has 0 spiro atoms. The summed E-state index contributed by atoms with van der Waals surface area (Å²) in [4.78, 5) is 10.5. The maximum Gasteiger partial charge on any atom is 0.270 e. The first kappa shape index (κ1) is 16.9. The summed E-state index contributed by atoms with van der Waals surface area (Å²) in [5, 5.41) is 23.4. The largest absolute Gasteiger partial charge is 0.496 e. The van der Waals surface area contributed by atoms with Crippen molar-refractivity contribution >= 4 is 17.4 Å². The first-order valence-electron chi connectivity index (χ1n) is 7.41. The van der Waals surface area contributed by atoms with Crippen molar-refractivity contribution in [2.24, 2.45) is 0 Å². The molecule has 0 aliphatic heterocycles. The number of rotatable bonds is 7. The zero-order valence-corrected chi connectivity index (χ0v) is 14.2. The molecule has 0 saturated heterocycles. The number of hydrogen-bond acceptors (Lipinski definition) is 7. The SMILES string of the molecule is COc1ccc([N+](=O)[O-])cc1CSc1nnnn1Cc1ccccc1. The summed E-state index contributed by atoms with van der Waals surface area (Å²) < 4.78 is 6.98. The number of benzene rings is 2. The standard InChI is InChI=1S/C16H15N5O3S/c1-24-15-8-7-14(21(22)23)9-13(15)11-25-16-17-18-19-20(16)10-12-5-3-2-4-6-12/h2-9H,10-11H2,1H3. The number of thioether (sulfide) groups is 1. The Morgan fingerprint density at radius 3 is 2.76 bits per heavy atom. The molecule has 0 radical (unpaired) electrons. The fraction of sp³-hybridized carbons (Fsp3) is 0.188. The van der Waals surface area contributed by atoms with Gasteiger partial charge in [-0.2, -0.15) is 0 Å². The first-order valence-corrected chi connectivity index (χ1v) is 8.40. The maximum absolute atomic E-state index is 11.0. The van der Waals surface area contributed by atoms with Crippen molar-refractivity contribution < 1.29 is 9.66 Å². The van der Waals surface area contributed by atoms with Gasteiger partial charge in [0.2, 0.25) is 5.16 Å². The van der Waals surface area contributed by atoms with E-state index in [0.717, 1.165) is 11.1 Å². The Morgan fingerprint density at radius 1 is 1.24 bits per heavy atom. The van der Waals surface area contributed by atoms with E-state index in [2.05, 4.69) is 15.5 Å². The number of hydrogen-bond donors (Lipinski definition) is 0. The van der Waals surface area contributed by atoms with Gasteiger partial charge < -0.3 is 4.74 Å². The fourth-order valence-corrected chi connectivity index (χ4v) is 3.14. The van der Waals surface area contributed by atoms with Crippen molar-refractivity contribution in [2.45, 2.75) is 17.5 Å². The molecule has 25 heavy (non-hydrogen) atoms. The molecular formula is C16H15N5O3S. The second kappa shape index (κ2) is 7.75. The minimum Gasteiger partial charge on any atom is -0.496 e. The van der Waals surface area contributed by atoms with Gasteiger partial charge >= 0.3 is 0 Å². The zero-order valence-electron chi connectivity index (χ0n) is 13.4. The highest BCUT2D eigenvalue weighted by atomic mass is 32.2. The van der Waals surface area contributed by atoms with E-state index >= 15 is 0 Å². The van der Waals surface area contributed by atoms with E-state index < -0.39 is 4.92 Å². The summed E-state index contributed by atoms with van der Waals surface area (Å²) in [6.45, 7) is 0.558. The minimum absolute atomic E-state index is 0.0280. The van der Waals surface area contributed by atoms with Crippen LogP contribution < -0.4 is 4.74 Å². The lowest BCUT2D eigenvalue weighted by Gasteiger charge is -2.08. The summed E-state index contributed by atoms with van der Waals surface area (Å²) in [5.74, 6) is 1.06. The zero-order chi connectivity index (χ0) is 17.6. The number of nitrogens with zero attached hydrogens (tertiary/aromatic N) is 5. The second-order valence-corrected chi connectivity index (χ2v) is 6.09. The molecule has 0 bridgehead atoms. The monoisotopic (exact) mass is 357 g/mol. The molecule has 0 fully saturated rings. The van der Waals surface area contributed by atoms with Crippen LogP contribution in [0.1, 0.15) is 11.1 Å². The summed E-state index contributed by atoms with van der Waals surface area (Å²) in [5.41, 5.74) is 1.83. The lowest BCUT2D eigenvalue weighted by Crippen LogP contribution is -2.04. The fourth-order valence-electron chi connectivity index (χ4n) is 2.29. The van der Waals surface area contributed by atoms with Crippen LogP contribution in [0.15, 0.2) is 53.7 Å². The topological polar surface area (TPSA) is 96.0 Å². The summed E-state index contributed by atoms with van der Waals surface area (Å²) in [6.07, 6.45) is 0. The molecule has 1 heterocycles. The Hall–Kier alpha value is -2.94. The highest BCUT2D eigenvalue weighted by Gasteiger charge is 2.14. The van der Waals surface area contributed by atoms with E-state index in [0.29, 0.717) is 23.2 Å². The van der Waals surface area contributed by atoms with E-state index in [9.17, 15) is 10.1 Å². The molecule has 0 atom stereocenters. The number of methoxy groups -OCH3 is 1. The van der Waals surface area contributed by atoms with Crippen LogP contribution in [0.25, 0.3) is 0 Å². The molecule has 0 aliphatic carbocycles. The van der Waals surface area contributed by atoms with Crippen LogP contribution in [-0.2, 0) is 12.3 Å². The number of aromatic nitrogens is 4. The van der Waals surface area contributed by atoms with Crippen LogP contribution in [0, 0.1) is 10.1 Å². The highest BCUT2D eigenvalue weighted by molar-refractivity contribution is 7.98. The van der Waals surface area contributed by atoms with E-state index in [1.807, 2.05) is 30.3 Å². The first-order chi connectivity index (χ1) is 12.2. The van der Waals surface area contributed by atoms with Gasteiger partial charge in [0.1, 0.15) is 5.75 Å². The Labute approximate surface area is 148 Å². The van der Waals surface area contributed by atoms with Crippen LogP contribution in [0.4, 0.5) is 5.69 Å². The van der Waals surface area contributed by atoms with Crippen molar-refractivity contribution in [1.82, 2.24) is 20.2 Å². The predicted octanol–water partition coefficient (Wildman–Crippen LogP) is 2.93. The van der Waals surface area contributed by atoms with Crippen LogP contribution in [0.5, 0.6) is 5.75 Å². The number of tetrazole rings is 1. The van der Waals surface area contributed by atoms with Gasteiger partial charge in [-0.15, -0.1) is 5.10 Å². The Kier molecular flexibility index (Phi) is 5.24. The summed E-state index contributed by atoms with van der Waals surface area (Å²) in [6, 6.07) is 14.4. The molecule has 8 nitrogen and oxygen atoms in total. The average molecular weight is 357 g/mol. The normalized spacial score (nSPS) is 10.6. The van der Waals surface area contributed by atoms with Crippen LogP contribution in [0.3, 0.4) is 0 Å². The molecule has 0 saturated carbocycles. The average Bonchev–Trinajstić information content (AvgIpc) is 3.07. The van der Waals surface area contributed by atoms with E-state index in [1.165, 1.54) is 31.0 Å². The molecule has 0 amide bonds. The lowest BCUT2D eigenvalue weighted by atomic mass is 10.2. The Balaban J connectivity index is 1.75. The van der Waals surface area contributed by atoms with Gasteiger partial charge in [-0.1, -0.05) is 42.1 Å². The Morgan fingerprint density at radius 2 is 2.04 bits per heavy atom. The van der Waals surface area contributed by atoms with E-state index in [-0.39, 0.29) is 5.69 Å². The molecule has 2 aromatic carbocycles. The third-order valence-corrected chi connectivity index (χ3v) is 4.51. The molecular weight excluding hydrogens is 342 g/mol. The van der Waals surface area contributed by atoms with Crippen molar-refractivity contribution in [1.29, 1.82) is 0 Å². The van der Waals surface area contributed by atoms with Gasteiger partial charge in [0, 0.05) is 23.4 Å². The van der Waals surface area contributed by atoms with Gasteiger partial charge in [0.05, 0.1) is 18.6 Å². The van der Waals surface area contributed by atoms with Crippen molar-refractivity contribution in [2.75, 3.05) is 7.11 Å². The summed E-state index contributed by atoms with van der Waals surface area (Å²) >= 11 is 1.40. The van der Waals surface area contributed by atoms with Gasteiger partial charge in [-0.3, -0.25) is 10.1 Å². The third-order valence-electron chi connectivity index (χ3n) is 3.51. The predicted molar refractivity (Wildman–Crippen MR) is 92.6 cm³/mol. The van der Waals surface area contributed by atoms with Crippen LogP contribution >= 0.6 is 11.8 Å². The van der Waals surface area contributed by atoms with Gasteiger partial charge in [0.25, 0.3) is 5.69 Å². The van der Waals surface area contributed by atoms with Gasteiger partial charge in [-0.05, 0) is 22.1 Å². The molecule has 0 aliphatic rings. The Bertz CT molecular complexity index is 869. The van der Waals surface area contributed by atoms with Crippen LogP contribution in [-0.4, -0.2) is 32.2 Å². The highest BCUT2D eigenvalue weighted by Crippen LogP contribution is 2.30. The number of nitro benzene ring substituents is 1.